The molecule has 3 rings (SSSR count). The van der Waals surface area contributed by atoms with E-state index in [0.29, 0.717) is 0 Å². The molecule has 2 aromatic rings. The van der Waals surface area contributed by atoms with Gasteiger partial charge in [0.25, 0.3) is 0 Å². The van der Waals surface area contributed by atoms with Crippen molar-refractivity contribution in [2.45, 2.75) is 25.3 Å². The Labute approximate surface area is 101 Å². The Balaban J connectivity index is 1.96. The zero-order valence-electron chi connectivity index (χ0n) is 10.1. The highest BCUT2D eigenvalue weighted by Crippen LogP contribution is 2.40. The number of nitrogens with zero attached hydrogens (tertiary/aromatic N) is 2. The summed E-state index contributed by atoms with van der Waals surface area (Å²) in [6.07, 6.45) is 6.54. The second kappa shape index (κ2) is 4.34. The van der Waals surface area contributed by atoms with Crippen LogP contribution in [-0.2, 0) is 6.54 Å². The molecule has 0 spiro atoms. The SMILES string of the molecule is CNCc1cccc(-n2cncc2C2CC2)c1. The van der Waals surface area contributed by atoms with Crippen LogP contribution in [0.2, 0.25) is 0 Å². The number of rotatable bonds is 4. The Hall–Kier alpha value is -1.61. The van der Waals surface area contributed by atoms with E-state index in [4.69, 9.17) is 0 Å². The molecule has 17 heavy (non-hydrogen) atoms. The average molecular weight is 227 g/mol. The first-order valence-corrected chi connectivity index (χ1v) is 6.14. The van der Waals surface area contributed by atoms with Crippen molar-refractivity contribution >= 4 is 0 Å². The van der Waals surface area contributed by atoms with Crippen molar-refractivity contribution in [3.63, 3.8) is 0 Å². The fourth-order valence-electron chi connectivity index (χ4n) is 2.22. The lowest BCUT2D eigenvalue weighted by Gasteiger charge is -2.09. The van der Waals surface area contributed by atoms with Gasteiger partial charge in [-0.25, -0.2) is 4.98 Å². The largest absolute Gasteiger partial charge is 0.316 e. The molecule has 0 aliphatic heterocycles. The van der Waals surface area contributed by atoms with Gasteiger partial charge in [-0.3, -0.25) is 0 Å². The van der Waals surface area contributed by atoms with Crippen LogP contribution in [0.4, 0.5) is 0 Å². The molecular formula is C14H17N3. The smallest absolute Gasteiger partial charge is 0.0994 e. The number of aromatic nitrogens is 2. The number of benzene rings is 1. The van der Waals surface area contributed by atoms with Crippen molar-refractivity contribution in [1.29, 1.82) is 0 Å². The van der Waals surface area contributed by atoms with Gasteiger partial charge in [-0.05, 0) is 37.6 Å². The van der Waals surface area contributed by atoms with Gasteiger partial charge in [0.05, 0.1) is 6.33 Å². The lowest BCUT2D eigenvalue weighted by Crippen LogP contribution is -2.06. The van der Waals surface area contributed by atoms with E-state index in [1.807, 2.05) is 19.6 Å². The van der Waals surface area contributed by atoms with Crippen LogP contribution in [0.1, 0.15) is 30.0 Å². The summed E-state index contributed by atoms with van der Waals surface area (Å²) in [4.78, 5) is 4.28. The molecule has 0 amide bonds. The molecule has 88 valence electrons. The van der Waals surface area contributed by atoms with Crippen molar-refractivity contribution in [2.75, 3.05) is 7.05 Å². The summed E-state index contributed by atoms with van der Waals surface area (Å²) in [6.45, 7) is 0.904. The summed E-state index contributed by atoms with van der Waals surface area (Å²) in [6, 6.07) is 8.63. The summed E-state index contributed by atoms with van der Waals surface area (Å²) >= 11 is 0. The molecule has 1 N–H and O–H groups in total. The normalized spacial score (nSPS) is 15.1. The first-order chi connectivity index (χ1) is 8.38. The molecule has 0 radical (unpaired) electrons. The van der Waals surface area contributed by atoms with Crippen LogP contribution in [0.5, 0.6) is 0 Å². The Morgan fingerprint density at radius 3 is 3.06 bits per heavy atom. The third-order valence-corrected chi connectivity index (χ3v) is 3.23. The minimum absolute atomic E-state index is 0.727. The highest BCUT2D eigenvalue weighted by atomic mass is 15.1. The first-order valence-electron chi connectivity index (χ1n) is 6.14. The van der Waals surface area contributed by atoms with Crippen LogP contribution in [0.3, 0.4) is 0 Å². The average Bonchev–Trinajstić information content (AvgIpc) is 3.08. The Morgan fingerprint density at radius 1 is 1.41 bits per heavy atom. The summed E-state index contributed by atoms with van der Waals surface area (Å²) in [7, 11) is 1.97. The van der Waals surface area contributed by atoms with E-state index in [1.165, 1.54) is 29.8 Å². The second-order valence-corrected chi connectivity index (χ2v) is 4.66. The molecule has 0 saturated heterocycles. The summed E-state index contributed by atoms with van der Waals surface area (Å²) in [5.74, 6) is 0.727. The number of imidazole rings is 1. The van der Waals surface area contributed by atoms with Crippen molar-refractivity contribution in [3.8, 4) is 5.69 Å². The molecule has 0 bridgehead atoms. The van der Waals surface area contributed by atoms with Crippen molar-refractivity contribution in [2.24, 2.45) is 0 Å². The van der Waals surface area contributed by atoms with Crippen molar-refractivity contribution in [1.82, 2.24) is 14.9 Å². The summed E-state index contributed by atoms with van der Waals surface area (Å²) < 4.78 is 2.22. The first kappa shape index (κ1) is 10.5. The van der Waals surface area contributed by atoms with Crippen molar-refractivity contribution in [3.05, 3.63) is 48.0 Å². The maximum absolute atomic E-state index is 4.28. The predicted molar refractivity (Wildman–Crippen MR) is 68.3 cm³/mol. The van der Waals surface area contributed by atoms with Gasteiger partial charge in [0.1, 0.15) is 0 Å². The number of hydrogen-bond donors (Lipinski definition) is 1. The topological polar surface area (TPSA) is 29.9 Å². The maximum Gasteiger partial charge on any atom is 0.0994 e. The quantitative estimate of drug-likeness (QED) is 0.869. The third kappa shape index (κ3) is 2.11. The minimum Gasteiger partial charge on any atom is -0.316 e. The van der Waals surface area contributed by atoms with Crippen molar-refractivity contribution < 1.29 is 0 Å². The highest BCUT2D eigenvalue weighted by molar-refractivity contribution is 5.38. The second-order valence-electron chi connectivity index (χ2n) is 4.66. The van der Waals surface area contributed by atoms with Gasteiger partial charge < -0.3 is 9.88 Å². The van der Waals surface area contributed by atoms with Gasteiger partial charge in [-0.1, -0.05) is 12.1 Å². The summed E-state index contributed by atoms with van der Waals surface area (Å²) in [5, 5.41) is 3.18. The molecule has 1 saturated carbocycles. The lowest BCUT2D eigenvalue weighted by molar-refractivity contribution is 0.815. The maximum atomic E-state index is 4.28. The fourth-order valence-corrected chi connectivity index (χ4v) is 2.22. The van der Waals surface area contributed by atoms with Gasteiger partial charge >= 0.3 is 0 Å². The molecule has 1 aromatic carbocycles. The van der Waals surface area contributed by atoms with E-state index >= 15 is 0 Å². The molecule has 1 aliphatic rings. The molecule has 1 aliphatic carbocycles. The van der Waals surface area contributed by atoms with Gasteiger partial charge in [-0.15, -0.1) is 0 Å². The van der Waals surface area contributed by atoms with E-state index < -0.39 is 0 Å². The standard InChI is InChI=1S/C14H17N3/c1-15-8-11-3-2-4-13(7-11)17-10-16-9-14(17)12-5-6-12/h2-4,7,9-10,12,15H,5-6,8H2,1H3. The highest BCUT2D eigenvalue weighted by Gasteiger charge is 2.27. The van der Waals surface area contributed by atoms with Gasteiger partial charge in [0.2, 0.25) is 0 Å². The van der Waals surface area contributed by atoms with Gasteiger partial charge in [-0.2, -0.15) is 0 Å². The van der Waals surface area contributed by atoms with Crippen LogP contribution >= 0.6 is 0 Å². The van der Waals surface area contributed by atoms with E-state index in [1.54, 1.807) is 0 Å². The Bertz CT molecular complexity index is 512. The molecule has 3 nitrogen and oxygen atoms in total. The third-order valence-electron chi connectivity index (χ3n) is 3.23. The lowest BCUT2D eigenvalue weighted by atomic mass is 10.2. The van der Waals surface area contributed by atoms with Gasteiger partial charge in [0.15, 0.2) is 0 Å². The zero-order chi connectivity index (χ0) is 11.7. The van der Waals surface area contributed by atoms with E-state index in [-0.39, 0.29) is 0 Å². The van der Waals surface area contributed by atoms with Crippen LogP contribution < -0.4 is 5.32 Å². The molecule has 0 unspecified atom stereocenters. The molecular weight excluding hydrogens is 210 g/mol. The zero-order valence-corrected chi connectivity index (χ0v) is 10.1. The van der Waals surface area contributed by atoms with E-state index in [0.717, 1.165) is 12.5 Å². The Morgan fingerprint density at radius 2 is 2.29 bits per heavy atom. The number of hydrogen-bond acceptors (Lipinski definition) is 2. The van der Waals surface area contributed by atoms with Crippen LogP contribution in [0, 0.1) is 0 Å². The van der Waals surface area contributed by atoms with Crippen LogP contribution in [0.15, 0.2) is 36.8 Å². The van der Waals surface area contributed by atoms with Crippen LogP contribution in [0.25, 0.3) is 5.69 Å². The number of nitrogens with one attached hydrogen (secondary N) is 1. The fraction of sp³-hybridized carbons (Fsp3) is 0.357. The molecule has 3 heteroatoms. The van der Waals surface area contributed by atoms with Crippen LogP contribution in [-0.4, -0.2) is 16.6 Å². The molecule has 1 heterocycles. The molecule has 1 aromatic heterocycles. The molecule has 0 atom stereocenters. The Kier molecular flexibility index (Phi) is 2.69. The van der Waals surface area contributed by atoms with Gasteiger partial charge in [0, 0.05) is 30.0 Å². The van der Waals surface area contributed by atoms with E-state index in [2.05, 4.69) is 39.1 Å². The summed E-state index contributed by atoms with van der Waals surface area (Å²) in [5.41, 5.74) is 3.88. The predicted octanol–water partition coefficient (Wildman–Crippen LogP) is 2.47. The minimum atomic E-state index is 0.727. The monoisotopic (exact) mass is 227 g/mol. The van der Waals surface area contributed by atoms with E-state index in [9.17, 15) is 0 Å². The molecule has 1 fully saturated rings.